The van der Waals surface area contributed by atoms with E-state index in [1.807, 2.05) is 24.3 Å². The molecule has 8 heteroatoms. The number of thioether (sulfide) groups is 1. The van der Waals surface area contributed by atoms with Crippen LogP contribution in [0.2, 0.25) is 5.02 Å². The summed E-state index contributed by atoms with van der Waals surface area (Å²) < 4.78 is 0.733. The Balaban J connectivity index is 1.92. The number of hydrogen-bond acceptors (Lipinski definition) is 6. The van der Waals surface area contributed by atoms with E-state index >= 15 is 0 Å². The van der Waals surface area contributed by atoms with Gasteiger partial charge in [0.15, 0.2) is 4.34 Å². The number of nitrogens with one attached hydrogen (secondary N) is 1. The van der Waals surface area contributed by atoms with Crippen LogP contribution in [0.1, 0.15) is 12.0 Å². The Bertz CT molecular complexity index is 653. The summed E-state index contributed by atoms with van der Waals surface area (Å²) in [6.07, 6.45) is -0.193. The maximum Gasteiger partial charge on any atom is 0.240 e. The van der Waals surface area contributed by atoms with Crippen LogP contribution < -0.4 is 5.32 Å². The Kier molecular flexibility index (Phi) is 5.35. The first-order chi connectivity index (χ1) is 9.69. The van der Waals surface area contributed by atoms with Gasteiger partial charge in [0.1, 0.15) is 6.42 Å². The van der Waals surface area contributed by atoms with Crippen LogP contribution in [-0.4, -0.2) is 16.1 Å². The number of hydrogen-bond donors (Lipinski definition) is 1. The Hall–Kier alpha value is -1.62. The molecule has 102 valence electrons. The summed E-state index contributed by atoms with van der Waals surface area (Å²) in [6, 6.07) is 9.37. The van der Waals surface area contributed by atoms with E-state index in [2.05, 4.69) is 15.5 Å². The molecule has 1 aromatic carbocycles. The summed E-state index contributed by atoms with van der Waals surface area (Å²) in [5.41, 5.74) is 1.02. The monoisotopic (exact) mass is 324 g/mol. The molecular formula is C12H9ClN4OS2. The third-order valence-corrected chi connectivity index (χ3v) is 4.59. The van der Waals surface area contributed by atoms with E-state index in [0.29, 0.717) is 15.9 Å². The zero-order valence-electron chi connectivity index (χ0n) is 10.2. The number of nitrogens with zero attached hydrogens (tertiary/aromatic N) is 3. The zero-order valence-corrected chi connectivity index (χ0v) is 12.6. The molecule has 0 aliphatic carbocycles. The van der Waals surface area contributed by atoms with Gasteiger partial charge in [-0.3, -0.25) is 10.1 Å². The summed E-state index contributed by atoms with van der Waals surface area (Å²) >= 11 is 8.83. The molecule has 0 bridgehead atoms. The first-order valence-corrected chi connectivity index (χ1v) is 7.73. The van der Waals surface area contributed by atoms with Gasteiger partial charge in [0, 0.05) is 10.8 Å². The number of carbonyl (C=O) groups excluding carboxylic acids is 1. The van der Waals surface area contributed by atoms with Crippen LogP contribution in [0.5, 0.6) is 0 Å². The summed E-state index contributed by atoms with van der Waals surface area (Å²) in [4.78, 5) is 11.2. The van der Waals surface area contributed by atoms with Crippen molar-refractivity contribution >= 4 is 45.7 Å². The highest BCUT2D eigenvalue weighted by Gasteiger charge is 2.09. The highest BCUT2D eigenvalue weighted by Crippen LogP contribution is 2.30. The number of rotatable bonds is 5. The Morgan fingerprint density at radius 2 is 2.25 bits per heavy atom. The number of anilines is 1. The number of amides is 1. The van der Waals surface area contributed by atoms with E-state index in [0.717, 1.165) is 9.90 Å². The van der Waals surface area contributed by atoms with Crippen molar-refractivity contribution in [3.63, 3.8) is 0 Å². The molecule has 5 nitrogen and oxygen atoms in total. The topological polar surface area (TPSA) is 78.7 Å². The van der Waals surface area contributed by atoms with Gasteiger partial charge in [-0.15, -0.1) is 10.2 Å². The van der Waals surface area contributed by atoms with Crippen LogP contribution in [0, 0.1) is 11.3 Å². The van der Waals surface area contributed by atoms with Gasteiger partial charge >= 0.3 is 0 Å². The van der Waals surface area contributed by atoms with E-state index in [1.165, 1.54) is 23.1 Å². The van der Waals surface area contributed by atoms with Crippen molar-refractivity contribution in [2.45, 2.75) is 16.5 Å². The summed E-state index contributed by atoms with van der Waals surface area (Å²) in [5, 5.41) is 19.8. The molecule has 0 atom stereocenters. The molecule has 1 N–H and O–H groups in total. The first-order valence-electron chi connectivity index (χ1n) is 5.55. The Morgan fingerprint density at radius 3 is 3.00 bits per heavy atom. The lowest BCUT2D eigenvalue weighted by Crippen LogP contribution is -2.09. The molecule has 0 saturated heterocycles. The van der Waals surface area contributed by atoms with Crippen LogP contribution in [0.4, 0.5) is 5.13 Å². The Morgan fingerprint density at radius 1 is 1.45 bits per heavy atom. The smallest absolute Gasteiger partial charge is 0.240 e. The van der Waals surface area contributed by atoms with Crippen LogP contribution in [0.15, 0.2) is 28.6 Å². The molecule has 1 aromatic heterocycles. The van der Waals surface area contributed by atoms with Gasteiger partial charge in [-0.25, -0.2) is 0 Å². The maximum atomic E-state index is 11.2. The van der Waals surface area contributed by atoms with Crippen molar-refractivity contribution in [2.75, 3.05) is 5.32 Å². The second kappa shape index (κ2) is 7.24. The number of nitriles is 1. The molecule has 0 fully saturated rings. The van der Waals surface area contributed by atoms with E-state index in [4.69, 9.17) is 16.9 Å². The molecular weight excluding hydrogens is 316 g/mol. The van der Waals surface area contributed by atoms with Crippen LogP contribution in [-0.2, 0) is 10.5 Å². The van der Waals surface area contributed by atoms with Gasteiger partial charge in [0.25, 0.3) is 0 Å². The van der Waals surface area contributed by atoms with E-state index in [-0.39, 0.29) is 12.3 Å². The number of benzene rings is 1. The fourth-order valence-corrected chi connectivity index (χ4v) is 3.36. The van der Waals surface area contributed by atoms with Crippen LogP contribution >= 0.6 is 34.7 Å². The normalized spacial score (nSPS) is 10.0. The Labute approximate surface area is 129 Å². The predicted octanol–water partition coefficient (Wildman–Crippen LogP) is 3.34. The largest absolute Gasteiger partial charge is 0.300 e. The molecule has 0 unspecified atom stereocenters. The number of carbonyl (C=O) groups is 1. The van der Waals surface area contributed by atoms with Gasteiger partial charge in [0.05, 0.1) is 6.07 Å². The fraction of sp³-hybridized carbons (Fsp3) is 0.167. The average Bonchev–Trinajstić information content (AvgIpc) is 2.85. The SMILES string of the molecule is N#CCC(=O)Nc1nnc(SCc2ccccc2Cl)s1. The minimum atomic E-state index is -0.383. The molecule has 2 aromatic rings. The van der Waals surface area contributed by atoms with Crippen molar-refractivity contribution in [2.24, 2.45) is 0 Å². The van der Waals surface area contributed by atoms with E-state index in [9.17, 15) is 4.79 Å². The maximum absolute atomic E-state index is 11.2. The molecule has 2 rings (SSSR count). The lowest BCUT2D eigenvalue weighted by molar-refractivity contribution is -0.115. The van der Waals surface area contributed by atoms with Gasteiger partial charge in [0.2, 0.25) is 11.0 Å². The number of aromatic nitrogens is 2. The van der Waals surface area contributed by atoms with Crippen molar-refractivity contribution in [3.8, 4) is 6.07 Å². The van der Waals surface area contributed by atoms with Gasteiger partial charge in [-0.2, -0.15) is 5.26 Å². The average molecular weight is 325 g/mol. The van der Waals surface area contributed by atoms with Crippen LogP contribution in [0.25, 0.3) is 0 Å². The van der Waals surface area contributed by atoms with Gasteiger partial charge in [-0.05, 0) is 11.6 Å². The summed E-state index contributed by atoms with van der Waals surface area (Å²) in [5.74, 6) is 0.298. The van der Waals surface area contributed by atoms with Crippen molar-refractivity contribution in [1.29, 1.82) is 5.26 Å². The molecule has 20 heavy (non-hydrogen) atoms. The third kappa shape index (κ3) is 4.20. The highest BCUT2D eigenvalue weighted by atomic mass is 35.5. The van der Waals surface area contributed by atoms with Crippen molar-refractivity contribution in [1.82, 2.24) is 10.2 Å². The standard InChI is InChI=1S/C12H9ClN4OS2/c13-9-4-2-1-3-8(9)7-19-12-17-16-11(20-12)15-10(18)5-6-14/h1-4H,5,7H2,(H,15,16,18). The minimum Gasteiger partial charge on any atom is -0.300 e. The summed E-state index contributed by atoms with van der Waals surface area (Å²) in [7, 11) is 0. The molecule has 1 amide bonds. The highest BCUT2D eigenvalue weighted by molar-refractivity contribution is 8.00. The molecule has 0 aliphatic rings. The predicted molar refractivity (Wildman–Crippen MR) is 79.8 cm³/mol. The molecule has 0 spiro atoms. The van der Waals surface area contributed by atoms with Crippen molar-refractivity contribution < 1.29 is 4.79 Å². The van der Waals surface area contributed by atoms with Gasteiger partial charge in [-0.1, -0.05) is 52.9 Å². The van der Waals surface area contributed by atoms with E-state index < -0.39 is 0 Å². The lowest BCUT2D eigenvalue weighted by atomic mass is 10.2. The van der Waals surface area contributed by atoms with Gasteiger partial charge < -0.3 is 0 Å². The second-order valence-electron chi connectivity index (χ2n) is 3.64. The molecule has 1 heterocycles. The third-order valence-electron chi connectivity index (χ3n) is 2.20. The summed E-state index contributed by atoms with van der Waals surface area (Å²) in [6.45, 7) is 0. The first kappa shape index (κ1) is 14.8. The molecule has 0 saturated carbocycles. The quantitative estimate of drug-likeness (QED) is 0.674. The molecule has 0 radical (unpaired) electrons. The fourth-order valence-electron chi connectivity index (χ4n) is 1.31. The zero-order chi connectivity index (χ0) is 14.4. The van der Waals surface area contributed by atoms with E-state index in [1.54, 1.807) is 6.07 Å². The minimum absolute atomic E-state index is 0.193. The number of halogens is 1. The van der Waals surface area contributed by atoms with Crippen LogP contribution in [0.3, 0.4) is 0 Å². The lowest BCUT2D eigenvalue weighted by Gasteiger charge is -2.00. The molecule has 0 aliphatic heterocycles. The van der Waals surface area contributed by atoms with Crippen molar-refractivity contribution in [3.05, 3.63) is 34.9 Å². The second-order valence-corrected chi connectivity index (χ2v) is 6.24.